The third-order valence-corrected chi connectivity index (χ3v) is 6.03. The fraction of sp³-hybridized carbons (Fsp3) is 0.174. The first kappa shape index (κ1) is 20.8. The van der Waals surface area contributed by atoms with Crippen LogP contribution in [0.2, 0.25) is 0 Å². The Bertz CT molecular complexity index is 1120. The van der Waals surface area contributed by atoms with Gasteiger partial charge in [0.25, 0.3) is 5.91 Å². The lowest BCUT2D eigenvalue weighted by Gasteiger charge is -2.13. The number of aryl methyl sites for hydroxylation is 3. The molecular weight excluding hydrogens is 384 g/mol. The molecule has 0 aliphatic carbocycles. The Balaban J connectivity index is 1.79. The minimum Gasteiger partial charge on any atom is -0.322 e. The molecule has 2 N–H and O–H groups in total. The van der Waals surface area contributed by atoms with Gasteiger partial charge in [0, 0.05) is 17.8 Å². The molecule has 5 nitrogen and oxygen atoms in total. The molecule has 0 saturated carbocycles. The van der Waals surface area contributed by atoms with Gasteiger partial charge in [0.15, 0.2) is 0 Å². The highest BCUT2D eigenvalue weighted by atomic mass is 32.2. The number of anilines is 1. The van der Waals surface area contributed by atoms with Crippen LogP contribution in [0, 0.1) is 20.8 Å². The number of sulfonamides is 1. The summed E-state index contributed by atoms with van der Waals surface area (Å²) in [6, 6.07) is 19.3. The minimum atomic E-state index is -3.74. The zero-order valence-corrected chi connectivity index (χ0v) is 17.5. The third kappa shape index (κ3) is 5.10. The second-order valence-corrected chi connectivity index (χ2v) is 8.83. The molecule has 0 aromatic heterocycles. The Labute approximate surface area is 171 Å². The molecule has 3 aromatic rings. The standard InChI is InChI=1S/C23H24N2O3S/c1-16-12-17(2)22(18(3)13-16)25-23(26)20-10-7-11-21(14-20)29(27,28)24-15-19-8-5-4-6-9-19/h4-14,24H,15H2,1-3H3,(H,25,26). The van der Waals surface area contributed by atoms with Gasteiger partial charge in [-0.25, -0.2) is 13.1 Å². The van der Waals surface area contributed by atoms with E-state index in [0.29, 0.717) is 0 Å². The number of hydrogen-bond donors (Lipinski definition) is 2. The summed E-state index contributed by atoms with van der Waals surface area (Å²) in [5.74, 6) is -0.347. The summed E-state index contributed by atoms with van der Waals surface area (Å²) in [7, 11) is -3.74. The topological polar surface area (TPSA) is 75.3 Å². The molecule has 0 radical (unpaired) electrons. The highest BCUT2D eigenvalue weighted by Crippen LogP contribution is 2.23. The van der Waals surface area contributed by atoms with E-state index in [4.69, 9.17) is 0 Å². The molecule has 0 bridgehead atoms. The average molecular weight is 409 g/mol. The van der Waals surface area contributed by atoms with E-state index >= 15 is 0 Å². The highest BCUT2D eigenvalue weighted by molar-refractivity contribution is 7.89. The summed E-state index contributed by atoms with van der Waals surface area (Å²) in [5, 5.41) is 2.90. The average Bonchev–Trinajstić information content (AvgIpc) is 2.70. The van der Waals surface area contributed by atoms with Crippen LogP contribution < -0.4 is 10.0 Å². The molecule has 0 fully saturated rings. The molecule has 0 heterocycles. The molecule has 0 aliphatic heterocycles. The van der Waals surface area contributed by atoms with Crippen molar-refractivity contribution in [3.63, 3.8) is 0 Å². The quantitative estimate of drug-likeness (QED) is 0.637. The lowest BCUT2D eigenvalue weighted by molar-refractivity contribution is 0.102. The highest BCUT2D eigenvalue weighted by Gasteiger charge is 2.17. The van der Waals surface area contributed by atoms with Gasteiger partial charge in [-0.2, -0.15) is 0 Å². The van der Waals surface area contributed by atoms with Crippen molar-refractivity contribution in [2.45, 2.75) is 32.2 Å². The van der Waals surface area contributed by atoms with E-state index in [2.05, 4.69) is 10.0 Å². The van der Waals surface area contributed by atoms with Crippen molar-refractivity contribution >= 4 is 21.6 Å². The normalized spacial score (nSPS) is 11.3. The van der Waals surface area contributed by atoms with Crippen molar-refractivity contribution in [3.05, 3.63) is 94.5 Å². The maximum atomic E-state index is 12.7. The smallest absolute Gasteiger partial charge is 0.255 e. The van der Waals surface area contributed by atoms with Crippen LogP contribution in [0.1, 0.15) is 32.6 Å². The van der Waals surface area contributed by atoms with Crippen LogP contribution in [0.4, 0.5) is 5.69 Å². The Morgan fingerprint density at radius 3 is 2.17 bits per heavy atom. The summed E-state index contributed by atoms with van der Waals surface area (Å²) in [6.45, 7) is 6.05. The van der Waals surface area contributed by atoms with Crippen LogP contribution in [0.3, 0.4) is 0 Å². The Morgan fingerprint density at radius 2 is 1.52 bits per heavy atom. The largest absolute Gasteiger partial charge is 0.322 e. The maximum absolute atomic E-state index is 12.7. The summed E-state index contributed by atoms with van der Waals surface area (Å²) in [4.78, 5) is 12.8. The van der Waals surface area contributed by atoms with Crippen molar-refractivity contribution in [1.29, 1.82) is 0 Å². The van der Waals surface area contributed by atoms with Crippen LogP contribution in [-0.4, -0.2) is 14.3 Å². The number of hydrogen-bond acceptors (Lipinski definition) is 3. The second-order valence-electron chi connectivity index (χ2n) is 7.07. The molecule has 0 unspecified atom stereocenters. The molecule has 6 heteroatoms. The molecule has 0 atom stereocenters. The zero-order chi connectivity index (χ0) is 21.0. The van der Waals surface area contributed by atoms with Crippen molar-refractivity contribution in [1.82, 2.24) is 4.72 Å². The van der Waals surface area contributed by atoms with Gasteiger partial charge < -0.3 is 5.32 Å². The number of rotatable bonds is 6. The first-order valence-corrected chi connectivity index (χ1v) is 10.8. The zero-order valence-electron chi connectivity index (χ0n) is 16.7. The fourth-order valence-corrected chi connectivity index (χ4v) is 4.29. The van der Waals surface area contributed by atoms with Crippen molar-refractivity contribution in [2.75, 3.05) is 5.32 Å². The van der Waals surface area contributed by atoms with Crippen molar-refractivity contribution in [2.24, 2.45) is 0 Å². The summed E-state index contributed by atoms with van der Waals surface area (Å²) < 4.78 is 27.9. The number of nitrogens with one attached hydrogen (secondary N) is 2. The van der Waals surface area contributed by atoms with Gasteiger partial charge in [0.1, 0.15) is 0 Å². The number of carbonyl (C=O) groups excluding carboxylic acids is 1. The monoisotopic (exact) mass is 408 g/mol. The molecule has 150 valence electrons. The third-order valence-electron chi connectivity index (χ3n) is 4.63. The Hall–Kier alpha value is -2.96. The Morgan fingerprint density at radius 1 is 0.862 bits per heavy atom. The van der Waals surface area contributed by atoms with E-state index in [0.717, 1.165) is 27.9 Å². The van der Waals surface area contributed by atoms with Gasteiger partial charge in [0.2, 0.25) is 10.0 Å². The van der Waals surface area contributed by atoms with Crippen molar-refractivity contribution < 1.29 is 13.2 Å². The minimum absolute atomic E-state index is 0.0541. The van der Waals surface area contributed by atoms with Crippen LogP contribution in [-0.2, 0) is 16.6 Å². The number of amides is 1. The summed E-state index contributed by atoms with van der Waals surface area (Å²) >= 11 is 0. The molecule has 29 heavy (non-hydrogen) atoms. The van der Waals surface area contributed by atoms with E-state index in [1.807, 2.05) is 63.2 Å². The van der Waals surface area contributed by atoms with Crippen molar-refractivity contribution in [3.8, 4) is 0 Å². The predicted molar refractivity (Wildman–Crippen MR) is 116 cm³/mol. The molecule has 1 amide bonds. The van der Waals surface area contributed by atoms with E-state index in [1.165, 1.54) is 12.1 Å². The van der Waals surface area contributed by atoms with Gasteiger partial charge >= 0.3 is 0 Å². The maximum Gasteiger partial charge on any atom is 0.255 e. The van der Waals surface area contributed by atoms with Crippen LogP contribution in [0.15, 0.2) is 71.6 Å². The van der Waals surface area contributed by atoms with E-state index in [-0.39, 0.29) is 22.9 Å². The first-order chi connectivity index (χ1) is 13.8. The fourth-order valence-electron chi connectivity index (χ4n) is 3.22. The summed E-state index contributed by atoms with van der Waals surface area (Å²) in [6.07, 6.45) is 0. The van der Waals surface area contributed by atoms with E-state index in [1.54, 1.807) is 12.1 Å². The number of benzene rings is 3. The van der Waals surface area contributed by atoms with Crippen LogP contribution in [0.5, 0.6) is 0 Å². The predicted octanol–water partition coefficient (Wildman–Crippen LogP) is 4.34. The molecule has 0 aliphatic rings. The van der Waals surface area contributed by atoms with E-state index in [9.17, 15) is 13.2 Å². The van der Waals surface area contributed by atoms with Gasteiger partial charge in [-0.1, -0.05) is 54.1 Å². The second kappa shape index (κ2) is 8.59. The summed E-state index contributed by atoms with van der Waals surface area (Å²) in [5.41, 5.74) is 4.93. The first-order valence-electron chi connectivity index (χ1n) is 9.29. The molecule has 0 saturated heterocycles. The molecule has 3 rings (SSSR count). The Kier molecular flexibility index (Phi) is 6.15. The lowest BCUT2D eigenvalue weighted by Crippen LogP contribution is -2.23. The van der Waals surface area contributed by atoms with Gasteiger partial charge in [-0.05, 0) is 55.7 Å². The van der Waals surface area contributed by atoms with E-state index < -0.39 is 10.0 Å². The SMILES string of the molecule is Cc1cc(C)c(NC(=O)c2cccc(S(=O)(=O)NCc3ccccc3)c2)c(C)c1. The van der Waals surface area contributed by atoms with Crippen LogP contribution >= 0.6 is 0 Å². The molecule has 0 spiro atoms. The molecule has 3 aromatic carbocycles. The molecular formula is C23H24N2O3S. The van der Waals surface area contributed by atoms with Gasteiger partial charge in [-0.15, -0.1) is 0 Å². The van der Waals surface area contributed by atoms with Crippen LogP contribution in [0.25, 0.3) is 0 Å². The van der Waals surface area contributed by atoms with Gasteiger partial charge in [0.05, 0.1) is 4.90 Å². The number of carbonyl (C=O) groups is 1. The lowest BCUT2D eigenvalue weighted by atomic mass is 10.0. The van der Waals surface area contributed by atoms with Gasteiger partial charge in [-0.3, -0.25) is 4.79 Å².